The molecule has 2 aliphatic rings. The molecule has 26 heavy (non-hydrogen) atoms. The number of aryl methyl sites for hydroxylation is 1. The third kappa shape index (κ3) is 2.47. The van der Waals surface area contributed by atoms with Gasteiger partial charge in [-0.25, -0.2) is 4.79 Å². The van der Waals surface area contributed by atoms with Gasteiger partial charge in [0.1, 0.15) is 17.8 Å². The Balaban J connectivity index is 1.49. The van der Waals surface area contributed by atoms with E-state index >= 15 is 0 Å². The summed E-state index contributed by atoms with van der Waals surface area (Å²) < 4.78 is 5.25. The number of carbonyl (C=O) groups excluding carboxylic acids is 3. The van der Waals surface area contributed by atoms with Gasteiger partial charge in [0.2, 0.25) is 5.91 Å². The first kappa shape index (κ1) is 16.4. The molecule has 4 amide bonds. The zero-order chi connectivity index (χ0) is 18.3. The number of imide groups is 1. The van der Waals surface area contributed by atoms with Crippen LogP contribution >= 0.6 is 0 Å². The topological polar surface area (TPSA) is 91.7 Å². The van der Waals surface area contributed by atoms with Gasteiger partial charge in [0.05, 0.1) is 12.3 Å². The van der Waals surface area contributed by atoms with E-state index in [1.54, 1.807) is 19.1 Å². The molecule has 1 spiro atoms. The van der Waals surface area contributed by atoms with Gasteiger partial charge in [-0.05, 0) is 43.0 Å². The molecule has 1 saturated heterocycles. The highest BCUT2D eigenvalue weighted by molar-refractivity contribution is 6.09. The predicted octanol–water partition coefficient (Wildman–Crippen LogP) is 1.85. The lowest BCUT2D eigenvalue weighted by Gasteiger charge is -2.22. The Bertz CT molecular complexity index is 877. The molecule has 0 radical (unpaired) electrons. The lowest BCUT2D eigenvalue weighted by Crippen LogP contribution is -2.44. The van der Waals surface area contributed by atoms with Crippen LogP contribution in [0.5, 0.6) is 0 Å². The largest absolute Gasteiger partial charge is 0.467 e. The van der Waals surface area contributed by atoms with Gasteiger partial charge in [-0.15, -0.1) is 0 Å². The molecule has 1 aromatic carbocycles. The Morgan fingerprint density at radius 2 is 2.12 bits per heavy atom. The molecule has 4 rings (SSSR count). The van der Waals surface area contributed by atoms with Crippen molar-refractivity contribution < 1.29 is 18.8 Å². The summed E-state index contributed by atoms with van der Waals surface area (Å²) in [5.74, 6) is -0.175. The average molecular weight is 353 g/mol. The van der Waals surface area contributed by atoms with Gasteiger partial charge >= 0.3 is 6.03 Å². The van der Waals surface area contributed by atoms with Crippen LogP contribution in [0.2, 0.25) is 0 Å². The van der Waals surface area contributed by atoms with Crippen molar-refractivity contribution in [2.24, 2.45) is 0 Å². The van der Waals surface area contributed by atoms with Gasteiger partial charge in [0, 0.05) is 0 Å². The highest BCUT2D eigenvalue weighted by Gasteiger charge is 2.55. The molecule has 2 unspecified atom stereocenters. The Kier molecular flexibility index (Phi) is 3.79. The highest BCUT2D eigenvalue weighted by atomic mass is 16.3. The molecule has 134 valence electrons. The van der Waals surface area contributed by atoms with Crippen LogP contribution in [0.1, 0.15) is 36.3 Å². The van der Waals surface area contributed by atoms with Crippen molar-refractivity contribution in [3.63, 3.8) is 0 Å². The summed E-state index contributed by atoms with van der Waals surface area (Å²) in [5, 5.41) is 5.55. The second kappa shape index (κ2) is 6.01. The minimum Gasteiger partial charge on any atom is -0.467 e. The van der Waals surface area contributed by atoms with E-state index in [9.17, 15) is 14.4 Å². The summed E-state index contributed by atoms with van der Waals surface area (Å²) in [6.45, 7) is 1.46. The van der Waals surface area contributed by atoms with E-state index in [0.29, 0.717) is 12.2 Å². The van der Waals surface area contributed by atoms with Crippen molar-refractivity contribution in [1.82, 2.24) is 15.5 Å². The van der Waals surface area contributed by atoms with Crippen LogP contribution in [0, 0.1) is 0 Å². The molecule has 1 fully saturated rings. The molecule has 0 bridgehead atoms. The molecule has 2 aromatic rings. The van der Waals surface area contributed by atoms with Crippen LogP contribution in [0.4, 0.5) is 4.79 Å². The fourth-order valence-electron chi connectivity index (χ4n) is 3.77. The number of rotatable bonds is 4. The predicted molar refractivity (Wildman–Crippen MR) is 92.0 cm³/mol. The van der Waals surface area contributed by atoms with Crippen LogP contribution < -0.4 is 10.6 Å². The first-order valence-electron chi connectivity index (χ1n) is 8.56. The van der Waals surface area contributed by atoms with E-state index in [1.165, 1.54) is 6.26 Å². The maximum Gasteiger partial charge on any atom is 0.325 e. The summed E-state index contributed by atoms with van der Waals surface area (Å²) in [6.07, 6.45) is 2.76. The number of amides is 4. The van der Waals surface area contributed by atoms with Crippen LogP contribution in [-0.2, 0) is 21.5 Å². The Morgan fingerprint density at radius 3 is 2.88 bits per heavy atom. The fraction of sp³-hybridized carbons (Fsp3) is 0.316. The number of hydrogen-bond acceptors (Lipinski definition) is 4. The van der Waals surface area contributed by atoms with Crippen LogP contribution in [0.3, 0.4) is 0 Å². The lowest BCUT2D eigenvalue weighted by atomic mass is 9.92. The van der Waals surface area contributed by atoms with Gasteiger partial charge in [0.15, 0.2) is 0 Å². The maximum atomic E-state index is 13.0. The summed E-state index contributed by atoms with van der Waals surface area (Å²) in [6, 6.07) is 10.2. The van der Waals surface area contributed by atoms with Crippen LogP contribution in [0.15, 0.2) is 47.1 Å². The summed E-state index contributed by atoms with van der Waals surface area (Å²) in [5.41, 5.74) is 0.838. The number of nitrogens with one attached hydrogen (secondary N) is 2. The zero-order valence-corrected chi connectivity index (χ0v) is 14.3. The standard InChI is InChI=1S/C19H19N3O4/c1-12(15-7-4-10-26-15)20-16(23)11-22-17(24)19(21-18(22)25)9-8-13-5-2-3-6-14(13)19/h2-7,10,12H,8-9,11H2,1H3,(H,20,23)(H,21,25). The molecular weight excluding hydrogens is 334 g/mol. The molecule has 0 saturated carbocycles. The second-order valence-corrected chi connectivity index (χ2v) is 6.69. The number of nitrogens with zero attached hydrogens (tertiary/aromatic N) is 1. The Hall–Kier alpha value is -3.09. The van der Waals surface area contributed by atoms with Crippen LogP contribution in [0.25, 0.3) is 0 Å². The molecule has 1 aliphatic heterocycles. The van der Waals surface area contributed by atoms with Gasteiger partial charge in [-0.1, -0.05) is 24.3 Å². The number of furan rings is 1. The van der Waals surface area contributed by atoms with Gasteiger partial charge in [0.25, 0.3) is 5.91 Å². The van der Waals surface area contributed by atoms with Crippen molar-refractivity contribution in [3.8, 4) is 0 Å². The SMILES string of the molecule is CC(NC(=O)CN1C(=O)NC2(CCc3ccccc32)C1=O)c1ccco1. The molecule has 2 N–H and O–H groups in total. The minimum atomic E-state index is -1.04. The molecule has 2 atom stereocenters. The van der Waals surface area contributed by atoms with E-state index in [0.717, 1.165) is 22.4 Å². The first-order chi connectivity index (χ1) is 12.5. The summed E-state index contributed by atoms with van der Waals surface area (Å²) >= 11 is 0. The third-order valence-corrected chi connectivity index (χ3v) is 5.07. The van der Waals surface area contributed by atoms with Gasteiger partial charge in [-0.3, -0.25) is 14.5 Å². The Labute approximate surface area is 150 Å². The number of urea groups is 1. The number of benzene rings is 1. The molecule has 1 aromatic heterocycles. The molecule has 7 nitrogen and oxygen atoms in total. The molecular formula is C19H19N3O4. The van der Waals surface area contributed by atoms with Gasteiger partial charge < -0.3 is 15.1 Å². The minimum absolute atomic E-state index is 0.320. The van der Waals surface area contributed by atoms with E-state index < -0.39 is 17.5 Å². The third-order valence-electron chi connectivity index (χ3n) is 5.07. The maximum absolute atomic E-state index is 13.0. The van der Waals surface area contributed by atoms with E-state index in [4.69, 9.17) is 4.42 Å². The normalized spacial score (nSPS) is 22.4. The van der Waals surface area contributed by atoms with Crippen molar-refractivity contribution in [1.29, 1.82) is 0 Å². The molecule has 1 aliphatic carbocycles. The number of fused-ring (bicyclic) bond motifs is 2. The highest BCUT2D eigenvalue weighted by Crippen LogP contribution is 2.41. The molecule has 7 heteroatoms. The number of carbonyl (C=O) groups is 3. The Morgan fingerprint density at radius 1 is 1.31 bits per heavy atom. The lowest BCUT2D eigenvalue weighted by molar-refractivity contribution is -0.135. The number of hydrogen-bond donors (Lipinski definition) is 2. The summed E-state index contributed by atoms with van der Waals surface area (Å²) in [4.78, 5) is 38.7. The van der Waals surface area contributed by atoms with E-state index in [2.05, 4.69) is 10.6 Å². The van der Waals surface area contributed by atoms with Crippen LogP contribution in [-0.4, -0.2) is 29.3 Å². The monoisotopic (exact) mass is 353 g/mol. The quantitative estimate of drug-likeness (QED) is 0.821. The first-order valence-corrected chi connectivity index (χ1v) is 8.56. The van der Waals surface area contributed by atoms with Crippen molar-refractivity contribution in [2.75, 3.05) is 6.54 Å². The second-order valence-electron chi connectivity index (χ2n) is 6.69. The zero-order valence-electron chi connectivity index (χ0n) is 14.3. The fourth-order valence-corrected chi connectivity index (χ4v) is 3.77. The smallest absolute Gasteiger partial charge is 0.325 e. The van der Waals surface area contributed by atoms with Crippen molar-refractivity contribution in [2.45, 2.75) is 31.3 Å². The molecule has 2 heterocycles. The van der Waals surface area contributed by atoms with Gasteiger partial charge in [-0.2, -0.15) is 0 Å². The van der Waals surface area contributed by atoms with E-state index in [1.807, 2.05) is 24.3 Å². The van der Waals surface area contributed by atoms with Crippen molar-refractivity contribution in [3.05, 3.63) is 59.5 Å². The van der Waals surface area contributed by atoms with Crippen molar-refractivity contribution >= 4 is 17.8 Å². The van der Waals surface area contributed by atoms with E-state index in [-0.39, 0.29) is 18.5 Å². The average Bonchev–Trinajstić information content (AvgIpc) is 3.32. The summed E-state index contributed by atoms with van der Waals surface area (Å²) in [7, 11) is 0.